The van der Waals surface area contributed by atoms with Crippen molar-refractivity contribution < 1.29 is 14.9 Å². The fourth-order valence-electron chi connectivity index (χ4n) is 1.34. The predicted octanol–water partition coefficient (Wildman–Crippen LogP) is 2.22. The maximum atomic E-state index is 9.51. The van der Waals surface area contributed by atoms with Gasteiger partial charge >= 0.3 is 0 Å². The summed E-state index contributed by atoms with van der Waals surface area (Å²) in [5, 5.41) is 30.2. The number of ether oxygens (including phenoxy) is 1. The Kier molecular flexibility index (Phi) is 5.55. The molecule has 3 N–H and O–H groups in total. The summed E-state index contributed by atoms with van der Waals surface area (Å²) in [6.45, 7) is 2.57. The maximum Gasteiger partial charge on any atom is 0.211 e. The summed E-state index contributed by atoms with van der Waals surface area (Å²) in [7, 11) is 0. The number of hydrogen-bond acceptors (Lipinski definition) is 5. The largest absolute Gasteiger partial charge is 0.512 e. The van der Waals surface area contributed by atoms with Crippen LogP contribution < -0.4 is 10.1 Å². The SMILES string of the molecule is CCCNC(Oc1ccccc1C#N)/C(O)=C/O. The van der Waals surface area contributed by atoms with Gasteiger partial charge in [-0.05, 0) is 25.1 Å². The lowest BCUT2D eigenvalue weighted by Crippen LogP contribution is -2.37. The van der Waals surface area contributed by atoms with Crippen molar-refractivity contribution in [2.45, 2.75) is 19.6 Å². The van der Waals surface area contributed by atoms with Crippen molar-refractivity contribution in [2.75, 3.05) is 6.54 Å². The van der Waals surface area contributed by atoms with Crippen molar-refractivity contribution in [3.05, 3.63) is 41.9 Å². The van der Waals surface area contributed by atoms with Crippen LogP contribution in [0.15, 0.2) is 36.3 Å². The molecule has 0 spiro atoms. The fourth-order valence-corrected chi connectivity index (χ4v) is 1.34. The van der Waals surface area contributed by atoms with Crippen LogP contribution >= 0.6 is 0 Å². The molecule has 1 unspecified atom stereocenters. The van der Waals surface area contributed by atoms with Gasteiger partial charge in [-0.25, -0.2) is 0 Å². The number of benzene rings is 1. The highest BCUT2D eigenvalue weighted by atomic mass is 16.5. The minimum atomic E-state index is -0.871. The number of aliphatic hydroxyl groups excluding tert-OH is 2. The molecule has 0 aliphatic heterocycles. The number of hydrogen-bond donors (Lipinski definition) is 3. The first-order chi connectivity index (χ1) is 8.72. The van der Waals surface area contributed by atoms with Crippen LogP contribution in [0.4, 0.5) is 0 Å². The van der Waals surface area contributed by atoms with Crippen LogP contribution in [0.2, 0.25) is 0 Å². The van der Waals surface area contributed by atoms with Crippen LogP contribution in [0.5, 0.6) is 5.75 Å². The minimum Gasteiger partial charge on any atom is -0.512 e. The first-order valence-electron chi connectivity index (χ1n) is 5.65. The Bertz CT molecular complexity index is 452. The lowest BCUT2D eigenvalue weighted by molar-refractivity contribution is 0.137. The number of nitriles is 1. The standard InChI is InChI=1S/C13H16N2O3/c1-2-7-15-13(11(17)9-16)18-12-6-4-3-5-10(12)8-14/h3-6,9,13,15-17H,2,7H2,1H3/b11-9-. The average molecular weight is 248 g/mol. The van der Waals surface area contributed by atoms with Crippen molar-refractivity contribution in [1.82, 2.24) is 5.32 Å². The predicted molar refractivity (Wildman–Crippen MR) is 67.2 cm³/mol. The van der Waals surface area contributed by atoms with E-state index in [1.165, 1.54) is 0 Å². The average Bonchev–Trinajstić information content (AvgIpc) is 2.42. The molecule has 0 aliphatic rings. The van der Waals surface area contributed by atoms with E-state index in [1.54, 1.807) is 24.3 Å². The Morgan fingerprint density at radius 1 is 1.56 bits per heavy atom. The third-order valence-electron chi connectivity index (χ3n) is 2.23. The number of para-hydroxylation sites is 1. The highest BCUT2D eigenvalue weighted by Crippen LogP contribution is 2.19. The fraction of sp³-hybridized carbons (Fsp3) is 0.308. The lowest BCUT2D eigenvalue weighted by atomic mass is 10.2. The topological polar surface area (TPSA) is 85.5 Å². The van der Waals surface area contributed by atoms with E-state index in [4.69, 9.17) is 15.1 Å². The Labute approximate surface area is 106 Å². The molecule has 18 heavy (non-hydrogen) atoms. The van der Waals surface area contributed by atoms with Crippen LogP contribution in [0.3, 0.4) is 0 Å². The molecular weight excluding hydrogens is 232 g/mol. The van der Waals surface area contributed by atoms with Gasteiger partial charge in [-0.15, -0.1) is 0 Å². The summed E-state index contributed by atoms with van der Waals surface area (Å²) in [5.74, 6) is 0.0122. The zero-order valence-corrected chi connectivity index (χ0v) is 10.1. The highest BCUT2D eigenvalue weighted by Gasteiger charge is 2.16. The Balaban J connectivity index is 2.86. The number of rotatable bonds is 6. The number of aliphatic hydroxyl groups is 2. The summed E-state index contributed by atoms with van der Waals surface area (Å²) in [6, 6.07) is 8.70. The second kappa shape index (κ2) is 7.20. The van der Waals surface area contributed by atoms with Gasteiger partial charge in [0, 0.05) is 0 Å². The highest BCUT2D eigenvalue weighted by molar-refractivity contribution is 5.42. The lowest BCUT2D eigenvalue weighted by Gasteiger charge is -2.19. The molecule has 0 heterocycles. The molecule has 0 saturated heterocycles. The molecule has 0 amide bonds. The summed E-state index contributed by atoms with van der Waals surface area (Å²) in [5.41, 5.74) is 0.367. The van der Waals surface area contributed by atoms with Gasteiger partial charge in [-0.1, -0.05) is 19.1 Å². The van der Waals surface area contributed by atoms with E-state index in [9.17, 15) is 5.11 Å². The van der Waals surface area contributed by atoms with Gasteiger partial charge in [0.2, 0.25) is 6.23 Å². The molecule has 5 heteroatoms. The molecule has 0 saturated carbocycles. The van der Waals surface area contributed by atoms with Gasteiger partial charge in [-0.2, -0.15) is 5.26 Å². The van der Waals surface area contributed by atoms with E-state index < -0.39 is 6.23 Å². The summed E-state index contributed by atoms with van der Waals surface area (Å²) in [4.78, 5) is 0. The number of nitrogens with zero attached hydrogens (tertiary/aromatic N) is 1. The molecule has 1 atom stereocenters. The van der Waals surface area contributed by atoms with E-state index in [1.807, 2.05) is 13.0 Å². The molecular formula is C13H16N2O3. The van der Waals surface area contributed by atoms with Crippen molar-refractivity contribution in [2.24, 2.45) is 0 Å². The maximum absolute atomic E-state index is 9.51. The van der Waals surface area contributed by atoms with Crippen molar-refractivity contribution in [3.63, 3.8) is 0 Å². The van der Waals surface area contributed by atoms with E-state index in [0.29, 0.717) is 24.1 Å². The monoisotopic (exact) mass is 248 g/mol. The Morgan fingerprint density at radius 3 is 2.89 bits per heavy atom. The third kappa shape index (κ3) is 3.68. The van der Waals surface area contributed by atoms with Crippen LogP contribution in [0.25, 0.3) is 0 Å². The van der Waals surface area contributed by atoms with Gasteiger partial charge in [0.05, 0.1) is 5.56 Å². The quantitative estimate of drug-likeness (QED) is 0.531. The first kappa shape index (κ1) is 13.9. The van der Waals surface area contributed by atoms with Gasteiger partial charge in [0.15, 0.2) is 5.76 Å². The van der Waals surface area contributed by atoms with Gasteiger partial charge in [-0.3, -0.25) is 5.32 Å². The molecule has 0 fully saturated rings. The van der Waals surface area contributed by atoms with E-state index in [2.05, 4.69) is 5.32 Å². The zero-order chi connectivity index (χ0) is 13.4. The Morgan fingerprint density at radius 2 is 2.28 bits per heavy atom. The molecule has 96 valence electrons. The van der Waals surface area contributed by atoms with Crippen LogP contribution in [-0.4, -0.2) is 23.0 Å². The smallest absolute Gasteiger partial charge is 0.211 e. The van der Waals surface area contributed by atoms with E-state index >= 15 is 0 Å². The normalized spacial score (nSPS) is 12.8. The van der Waals surface area contributed by atoms with Gasteiger partial charge < -0.3 is 14.9 Å². The molecule has 0 aromatic heterocycles. The molecule has 5 nitrogen and oxygen atoms in total. The molecule has 0 aliphatic carbocycles. The first-order valence-corrected chi connectivity index (χ1v) is 5.65. The van der Waals surface area contributed by atoms with Gasteiger partial charge in [0.1, 0.15) is 18.1 Å². The van der Waals surface area contributed by atoms with Crippen molar-refractivity contribution in [1.29, 1.82) is 5.26 Å². The molecule has 1 aromatic rings. The number of nitrogens with one attached hydrogen (secondary N) is 1. The van der Waals surface area contributed by atoms with Crippen LogP contribution in [-0.2, 0) is 0 Å². The molecule has 0 bridgehead atoms. The third-order valence-corrected chi connectivity index (χ3v) is 2.23. The van der Waals surface area contributed by atoms with Crippen molar-refractivity contribution in [3.8, 4) is 11.8 Å². The van der Waals surface area contributed by atoms with Crippen LogP contribution in [0.1, 0.15) is 18.9 Å². The second-order valence-electron chi connectivity index (χ2n) is 3.61. The summed E-state index contributed by atoms with van der Waals surface area (Å²) < 4.78 is 5.48. The van der Waals surface area contributed by atoms with E-state index in [0.717, 1.165) is 6.42 Å². The summed E-state index contributed by atoms with van der Waals surface area (Å²) >= 11 is 0. The van der Waals surface area contributed by atoms with E-state index in [-0.39, 0.29) is 5.76 Å². The Hall–Kier alpha value is -2.19. The minimum absolute atomic E-state index is 0.337. The van der Waals surface area contributed by atoms with Crippen molar-refractivity contribution >= 4 is 0 Å². The second-order valence-corrected chi connectivity index (χ2v) is 3.61. The molecule has 1 aromatic carbocycles. The zero-order valence-electron chi connectivity index (χ0n) is 10.1. The van der Waals surface area contributed by atoms with Gasteiger partial charge in [0.25, 0.3) is 0 Å². The molecule has 1 rings (SSSR count). The van der Waals surface area contributed by atoms with Crippen LogP contribution in [0, 0.1) is 11.3 Å². The molecule has 0 radical (unpaired) electrons. The summed E-state index contributed by atoms with van der Waals surface area (Å²) in [6.07, 6.45) is 0.547.